The van der Waals surface area contributed by atoms with Crippen LogP contribution in [0.2, 0.25) is 0 Å². The number of aromatic nitrogens is 3. The van der Waals surface area contributed by atoms with E-state index in [-0.39, 0.29) is 17.0 Å². The number of halogens is 1. The minimum Gasteiger partial charge on any atom is -1.00 e. The van der Waals surface area contributed by atoms with Crippen LogP contribution in [0.25, 0.3) is 0 Å². The average Bonchev–Trinajstić information content (AvgIpc) is 3.20. The molecule has 1 unspecified atom stereocenters. The monoisotopic (exact) mass is 399 g/mol. The molecule has 1 N–H and O–H groups in total. The van der Waals surface area contributed by atoms with Crippen LogP contribution in [0.15, 0.2) is 65.8 Å². The van der Waals surface area contributed by atoms with Gasteiger partial charge in [-0.1, -0.05) is 36.4 Å². The lowest BCUT2D eigenvalue weighted by atomic mass is 10.3. The van der Waals surface area contributed by atoms with Gasteiger partial charge in [0, 0.05) is 17.4 Å². The van der Waals surface area contributed by atoms with Crippen molar-refractivity contribution in [3.63, 3.8) is 0 Å². The number of hydrogen-bond acceptors (Lipinski definition) is 5. The number of rotatable bonds is 3. The minimum absolute atomic E-state index is 0. The molecule has 1 aliphatic rings. The number of hydrogen-bond donors (Lipinski definition) is 1. The molecule has 0 spiro atoms. The van der Waals surface area contributed by atoms with Crippen molar-refractivity contribution in [3.8, 4) is 0 Å². The number of hydrazine groups is 1. The molecule has 7 nitrogen and oxygen atoms in total. The van der Waals surface area contributed by atoms with Crippen LogP contribution < -0.4 is 32.3 Å². The fraction of sp³-hybridized carbons (Fsp3) is 0.118. The fourth-order valence-corrected chi connectivity index (χ4v) is 2.54. The second-order valence-electron chi connectivity index (χ2n) is 5.54. The molecule has 1 atom stereocenters. The minimum atomic E-state index is 0. The summed E-state index contributed by atoms with van der Waals surface area (Å²) in [6, 6.07) is 20.1. The van der Waals surface area contributed by atoms with Gasteiger partial charge in [-0.25, -0.2) is 0 Å². The Morgan fingerprint density at radius 1 is 0.800 bits per heavy atom. The van der Waals surface area contributed by atoms with E-state index >= 15 is 0 Å². The van der Waals surface area contributed by atoms with Gasteiger partial charge in [-0.3, -0.25) is 0 Å². The van der Waals surface area contributed by atoms with Gasteiger partial charge in [-0.05, 0) is 41.1 Å². The molecule has 25 heavy (non-hydrogen) atoms. The second-order valence-corrected chi connectivity index (χ2v) is 5.54. The number of para-hydroxylation sites is 1. The molecule has 0 fully saturated rings. The summed E-state index contributed by atoms with van der Waals surface area (Å²) in [7, 11) is 0. The number of benzene rings is 2. The van der Waals surface area contributed by atoms with Gasteiger partial charge in [0.25, 0.3) is 0 Å². The summed E-state index contributed by atoms with van der Waals surface area (Å²) in [5, 5.41) is 18.2. The summed E-state index contributed by atoms with van der Waals surface area (Å²) < 4.78 is 0. The van der Waals surface area contributed by atoms with Crippen molar-refractivity contribution >= 4 is 17.7 Å². The Morgan fingerprint density at radius 3 is 1.96 bits per heavy atom. The molecular formula is C17H18BrN7. The molecule has 0 aliphatic carbocycles. The van der Waals surface area contributed by atoms with Crippen molar-refractivity contribution in [2.24, 2.45) is 5.10 Å². The topological polar surface area (TPSA) is 54.0 Å². The van der Waals surface area contributed by atoms with Gasteiger partial charge in [-0.2, -0.15) is 5.01 Å². The molecule has 0 saturated heterocycles. The van der Waals surface area contributed by atoms with Gasteiger partial charge in [0.2, 0.25) is 0 Å². The molecule has 2 aromatic carbocycles. The third-order valence-electron chi connectivity index (χ3n) is 3.91. The first-order valence-electron chi connectivity index (χ1n) is 7.76. The maximum atomic E-state index is 4.60. The average molecular weight is 400 g/mol. The van der Waals surface area contributed by atoms with Crippen molar-refractivity contribution in [1.82, 2.24) is 15.1 Å². The van der Waals surface area contributed by atoms with Crippen LogP contribution in [-0.4, -0.2) is 21.4 Å². The molecule has 1 aromatic heterocycles. The molecule has 2 heterocycles. The number of nitrogens with zero attached hydrogens (tertiary/aromatic N) is 6. The lowest BCUT2D eigenvalue weighted by molar-refractivity contribution is -0.857. The number of quaternary nitrogens is 1. The van der Waals surface area contributed by atoms with Gasteiger partial charge in [-0.15, -0.1) is 10.2 Å². The van der Waals surface area contributed by atoms with E-state index in [2.05, 4.69) is 15.3 Å². The van der Waals surface area contributed by atoms with E-state index in [0.29, 0.717) is 0 Å². The Labute approximate surface area is 156 Å². The zero-order chi connectivity index (χ0) is 16.5. The molecule has 0 amide bonds. The largest absolute Gasteiger partial charge is 1.00 e. The molecule has 128 valence electrons. The van der Waals surface area contributed by atoms with Crippen LogP contribution >= 0.6 is 0 Å². The fourth-order valence-electron chi connectivity index (χ4n) is 2.54. The van der Waals surface area contributed by atoms with Gasteiger partial charge < -0.3 is 17.0 Å². The van der Waals surface area contributed by atoms with Crippen molar-refractivity contribution in [2.75, 3.05) is 10.2 Å². The van der Waals surface area contributed by atoms with E-state index in [1.807, 2.05) is 84.7 Å². The number of anilines is 1. The molecule has 0 radical (unpaired) electrons. The maximum absolute atomic E-state index is 4.60. The summed E-state index contributed by atoms with van der Waals surface area (Å²) >= 11 is 0. The Hall–Kier alpha value is -2.71. The van der Waals surface area contributed by atoms with Crippen LogP contribution in [0, 0.1) is 13.8 Å². The summed E-state index contributed by atoms with van der Waals surface area (Å²) in [4.78, 5) is 1.59. The van der Waals surface area contributed by atoms with Crippen molar-refractivity contribution in [2.45, 2.75) is 13.8 Å². The molecule has 1 aliphatic heterocycles. The van der Waals surface area contributed by atoms with Gasteiger partial charge >= 0.3 is 0 Å². The van der Waals surface area contributed by atoms with E-state index in [0.717, 1.165) is 27.9 Å². The second kappa shape index (κ2) is 7.04. The molecular weight excluding hydrogens is 382 g/mol. The first-order valence-corrected chi connectivity index (χ1v) is 7.76. The predicted molar refractivity (Wildman–Crippen MR) is 92.2 cm³/mol. The summed E-state index contributed by atoms with van der Waals surface area (Å²) in [6.07, 6.45) is 1.78. The molecule has 0 bridgehead atoms. The van der Waals surface area contributed by atoms with Crippen molar-refractivity contribution in [3.05, 3.63) is 72.1 Å². The molecule has 0 saturated carbocycles. The zero-order valence-electron chi connectivity index (χ0n) is 13.9. The Bertz CT molecular complexity index is 794. The first-order chi connectivity index (χ1) is 11.7. The molecule has 3 aromatic rings. The van der Waals surface area contributed by atoms with Crippen molar-refractivity contribution < 1.29 is 22.1 Å². The van der Waals surface area contributed by atoms with Crippen LogP contribution in [0.4, 0.5) is 11.4 Å². The smallest absolute Gasteiger partial charge is 0.186 e. The summed E-state index contributed by atoms with van der Waals surface area (Å²) in [5.74, 6) is 0. The Kier molecular flexibility index (Phi) is 4.82. The van der Waals surface area contributed by atoms with Crippen LogP contribution in [0.1, 0.15) is 11.4 Å². The van der Waals surface area contributed by atoms with Crippen LogP contribution in [0.3, 0.4) is 0 Å². The third kappa shape index (κ3) is 3.13. The Balaban J connectivity index is 0.00000182. The van der Waals surface area contributed by atoms with Crippen LogP contribution in [-0.2, 0) is 0 Å². The standard InChI is InChI=1S/C17H17N7.BrH/c1-14-15(2)20-23(19-14)24-21(16-9-5-3-6-10-16)13-18-22(24)17-11-7-4-8-12-17;/h3-13H,1-2H3;1H. The van der Waals surface area contributed by atoms with E-state index < -0.39 is 0 Å². The Morgan fingerprint density at radius 2 is 1.36 bits per heavy atom. The summed E-state index contributed by atoms with van der Waals surface area (Å²) in [5.41, 5.74) is 3.77. The quantitative estimate of drug-likeness (QED) is 0.573. The normalized spacial score (nSPS) is 16.2. The van der Waals surface area contributed by atoms with Crippen molar-refractivity contribution in [1.29, 1.82) is 0 Å². The zero-order valence-corrected chi connectivity index (χ0v) is 15.5. The van der Waals surface area contributed by atoms with E-state index in [1.165, 1.54) is 0 Å². The number of nitrogens with one attached hydrogen (secondary N) is 1. The van der Waals surface area contributed by atoms with Gasteiger partial charge in [0.1, 0.15) is 0 Å². The highest BCUT2D eigenvalue weighted by molar-refractivity contribution is 5.80. The number of aryl methyl sites for hydroxylation is 2. The lowest BCUT2D eigenvalue weighted by Gasteiger charge is -2.26. The first kappa shape index (κ1) is 17.1. The summed E-state index contributed by atoms with van der Waals surface area (Å²) in [6.45, 7) is 3.90. The predicted octanol–water partition coefficient (Wildman–Crippen LogP) is -1.65. The molecule has 4 rings (SSSR count). The van der Waals surface area contributed by atoms with Gasteiger partial charge in [0.15, 0.2) is 12.0 Å². The highest BCUT2D eigenvalue weighted by atomic mass is 79.9. The third-order valence-corrected chi connectivity index (χ3v) is 3.91. The van der Waals surface area contributed by atoms with E-state index in [9.17, 15) is 0 Å². The SMILES string of the molecule is Cc1nn(N2N(c3ccccc3)C=N[NH+]2c2ccccc2)nc1C.[Br-]. The van der Waals surface area contributed by atoms with Gasteiger partial charge in [0.05, 0.1) is 17.1 Å². The van der Waals surface area contributed by atoms with Crippen LogP contribution in [0.5, 0.6) is 0 Å². The highest BCUT2D eigenvalue weighted by Crippen LogP contribution is 2.15. The lowest BCUT2D eigenvalue weighted by Crippen LogP contribution is -3.12. The van der Waals surface area contributed by atoms with E-state index in [4.69, 9.17) is 0 Å². The maximum Gasteiger partial charge on any atom is 0.186 e. The highest BCUT2D eigenvalue weighted by Gasteiger charge is 2.36. The molecule has 8 heteroatoms. The van der Waals surface area contributed by atoms with E-state index in [1.54, 1.807) is 11.2 Å².